The Morgan fingerprint density at radius 3 is 2.31 bits per heavy atom. The van der Waals surface area contributed by atoms with Gasteiger partial charge in [0.05, 0.1) is 31.1 Å². The summed E-state index contributed by atoms with van der Waals surface area (Å²) >= 11 is 0. The molecule has 2 aliphatic rings. The number of amides is 1. The van der Waals surface area contributed by atoms with E-state index in [1.807, 2.05) is 29.2 Å². The van der Waals surface area contributed by atoms with E-state index in [1.54, 1.807) is 0 Å². The second kappa shape index (κ2) is 9.95. The SMILES string of the molecule is O=C(CN1CCN(S(=O)(=O)c2ccccc2F)CC1)Nc1ccccc1N1CCOCC1. The Morgan fingerprint density at radius 2 is 1.59 bits per heavy atom. The molecule has 8 nitrogen and oxygen atoms in total. The number of nitrogens with zero attached hydrogens (tertiary/aromatic N) is 3. The van der Waals surface area contributed by atoms with Gasteiger partial charge in [-0.05, 0) is 24.3 Å². The van der Waals surface area contributed by atoms with Gasteiger partial charge in [-0.15, -0.1) is 0 Å². The van der Waals surface area contributed by atoms with Crippen LogP contribution in [-0.4, -0.2) is 82.6 Å². The summed E-state index contributed by atoms with van der Waals surface area (Å²) < 4.78 is 46.1. The molecule has 0 spiro atoms. The van der Waals surface area contributed by atoms with Crippen molar-refractivity contribution in [3.05, 3.63) is 54.3 Å². The first-order valence-electron chi connectivity index (χ1n) is 10.6. The molecule has 1 amide bonds. The van der Waals surface area contributed by atoms with Gasteiger partial charge < -0.3 is 15.0 Å². The molecule has 0 atom stereocenters. The Labute approximate surface area is 187 Å². The molecule has 0 bridgehead atoms. The second-order valence-corrected chi connectivity index (χ2v) is 9.68. The van der Waals surface area contributed by atoms with Crippen LogP contribution in [0.5, 0.6) is 0 Å². The Morgan fingerprint density at radius 1 is 0.938 bits per heavy atom. The Kier molecular flexibility index (Phi) is 7.04. The first kappa shape index (κ1) is 22.7. The van der Waals surface area contributed by atoms with Gasteiger partial charge in [0.1, 0.15) is 10.7 Å². The van der Waals surface area contributed by atoms with Crippen LogP contribution in [0.15, 0.2) is 53.4 Å². The number of halogens is 1. The van der Waals surface area contributed by atoms with Crippen LogP contribution in [0.25, 0.3) is 0 Å². The van der Waals surface area contributed by atoms with Gasteiger partial charge in [0, 0.05) is 39.3 Å². The standard InChI is InChI=1S/C22H27FN4O4S/c23-18-5-1-4-8-21(18)32(29,30)27-11-9-25(10-12-27)17-22(28)24-19-6-2-3-7-20(19)26-13-15-31-16-14-26/h1-8H,9-17H2,(H,24,28). The van der Waals surface area contributed by atoms with Crippen LogP contribution in [-0.2, 0) is 19.6 Å². The van der Waals surface area contributed by atoms with Crippen molar-refractivity contribution in [1.82, 2.24) is 9.21 Å². The van der Waals surface area contributed by atoms with Gasteiger partial charge in [0.15, 0.2) is 0 Å². The molecule has 10 heteroatoms. The van der Waals surface area contributed by atoms with Gasteiger partial charge in [0.25, 0.3) is 0 Å². The van der Waals surface area contributed by atoms with Crippen LogP contribution in [0.4, 0.5) is 15.8 Å². The minimum absolute atomic E-state index is 0.156. The van der Waals surface area contributed by atoms with Crippen molar-refractivity contribution in [1.29, 1.82) is 0 Å². The monoisotopic (exact) mass is 462 g/mol. The Balaban J connectivity index is 1.33. The van der Waals surface area contributed by atoms with E-state index < -0.39 is 15.8 Å². The number of rotatable bonds is 6. The van der Waals surface area contributed by atoms with E-state index in [2.05, 4.69) is 10.2 Å². The number of anilines is 2. The van der Waals surface area contributed by atoms with Crippen molar-refractivity contribution in [2.45, 2.75) is 4.90 Å². The lowest BCUT2D eigenvalue weighted by molar-refractivity contribution is -0.117. The number of sulfonamides is 1. The molecule has 2 aliphatic heterocycles. The summed E-state index contributed by atoms with van der Waals surface area (Å²) in [5, 5.41) is 2.99. The lowest BCUT2D eigenvalue weighted by Crippen LogP contribution is -2.50. The van der Waals surface area contributed by atoms with Crippen molar-refractivity contribution in [2.24, 2.45) is 0 Å². The fourth-order valence-electron chi connectivity index (χ4n) is 3.97. The number of ether oxygens (including phenoxy) is 1. The Hall–Kier alpha value is -2.53. The molecule has 32 heavy (non-hydrogen) atoms. The Bertz CT molecular complexity index is 1050. The maximum Gasteiger partial charge on any atom is 0.246 e. The minimum atomic E-state index is -3.90. The van der Waals surface area contributed by atoms with E-state index in [0.717, 1.165) is 30.5 Å². The molecule has 2 aromatic rings. The van der Waals surface area contributed by atoms with Crippen LogP contribution in [0.3, 0.4) is 0 Å². The van der Waals surface area contributed by atoms with Crippen LogP contribution < -0.4 is 10.2 Å². The molecule has 0 aliphatic carbocycles. The number of carbonyl (C=O) groups excluding carboxylic acids is 1. The highest BCUT2D eigenvalue weighted by Gasteiger charge is 2.31. The van der Waals surface area contributed by atoms with Gasteiger partial charge in [-0.25, -0.2) is 12.8 Å². The summed E-state index contributed by atoms with van der Waals surface area (Å²) in [5.41, 5.74) is 1.71. The van der Waals surface area contributed by atoms with Crippen molar-refractivity contribution in [2.75, 3.05) is 69.2 Å². The third kappa shape index (κ3) is 5.09. The molecule has 0 saturated carbocycles. The highest BCUT2D eigenvalue weighted by atomic mass is 32.2. The zero-order valence-electron chi connectivity index (χ0n) is 17.7. The van der Waals surface area contributed by atoms with Gasteiger partial charge in [-0.2, -0.15) is 4.31 Å². The number of nitrogens with one attached hydrogen (secondary N) is 1. The van der Waals surface area contributed by atoms with E-state index in [0.29, 0.717) is 26.3 Å². The lowest BCUT2D eigenvalue weighted by Gasteiger charge is -2.34. The fourth-order valence-corrected chi connectivity index (χ4v) is 5.46. The highest BCUT2D eigenvalue weighted by molar-refractivity contribution is 7.89. The quantitative estimate of drug-likeness (QED) is 0.703. The summed E-state index contributed by atoms with van der Waals surface area (Å²) in [6, 6.07) is 13.1. The summed E-state index contributed by atoms with van der Waals surface area (Å²) in [7, 11) is -3.90. The molecular weight excluding hydrogens is 435 g/mol. The molecule has 1 N–H and O–H groups in total. The maximum atomic E-state index is 14.0. The van der Waals surface area contributed by atoms with Crippen molar-refractivity contribution < 1.29 is 22.3 Å². The minimum Gasteiger partial charge on any atom is -0.378 e. The molecule has 0 aromatic heterocycles. The molecular formula is C22H27FN4O4S. The molecule has 2 aromatic carbocycles. The van der Waals surface area contributed by atoms with Gasteiger partial charge in [-0.1, -0.05) is 24.3 Å². The average molecular weight is 463 g/mol. The molecule has 172 valence electrons. The number of para-hydroxylation sites is 2. The summed E-state index contributed by atoms with van der Waals surface area (Å²) in [6.07, 6.45) is 0. The number of hydrogen-bond acceptors (Lipinski definition) is 6. The van der Waals surface area contributed by atoms with E-state index in [4.69, 9.17) is 4.74 Å². The van der Waals surface area contributed by atoms with Crippen molar-refractivity contribution >= 4 is 27.3 Å². The van der Waals surface area contributed by atoms with Crippen molar-refractivity contribution in [3.63, 3.8) is 0 Å². The molecule has 4 rings (SSSR count). The fraction of sp³-hybridized carbons (Fsp3) is 0.409. The van der Waals surface area contributed by atoms with Gasteiger partial charge in [0.2, 0.25) is 15.9 Å². The first-order chi connectivity index (χ1) is 15.4. The number of hydrogen-bond donors (Lipinski definition) is 1. The predicted molar refractivity (Wildman–Crippen MR) is 120 cm³/mol. The van der Waals surface area contributed by atoms with Crippen LogP contribution in [0, 0.1) is 5.82 Å². The van der Waals surface area contributed by atoms with E-state index in [1.165, 1.54) is 22.5 Å². The first-order valence-corrected chi connectivity index (χ1v) is 12.1. The normalized spacial score (nSPS) is 18.5. The second-order valence-electron chi connectivity index (χ2n) is 7.78. The van der Waals surface area contributed by atoms with Crippen molar-refractivity contribution in [3.8, 4) is 0 Å². The predicted octanol–water partition coefficient (Wildman–Crippen LogP) is 1.61. The van der Waals surface area contributed by atoms with Crippen LogP contribution in [0.1, 0.15) is 0 Å². The number of morpholine rings is 1. The lowest BCUT2D eigenvalue weighted by atomic mass is 10.2. The van der Waals surface area contributed by atoms with E-state index in [-0.39, 0.29) is 30.4 Å². The molecule has 2 saturated heterocycles. The molecule has 0 radical (unpaired) electrons. The van der Waals surface area contributed by atoms with Gasteiger partial charge in [-0.3, -0.25) is 9.69 Å². The summed E-state index contributed by atoms with van der Waals surface area (Å²) in [5.74, 6) is -0.913. The zero-order valence-corrected chi connectivity index (χ0v) is 18.6. The largest absolute Gasteiger partial charge is 0.378 e. The average Bonchev–Trinajstić information content (AvgIpc) is 2.80. The van der Waals surface area contributed by atoms with E-state index in [9.17, 15) is 17.6 Å². The number of benzene rings is 2. The summed E-state index contributed by atoms with van der Waals surface area (Å²) in [6.45, 7) is 4.20. The number of carbonyl (C=O) groups is 1. The molecule has 2 heterocycles. The van der Waals surface area contributed by atoms with Gasteiger partial charge >= 0.3 is 0 Å². The maximum absolute atomic E-state index is 14.0. The van der Waals surface area contributed by atoms with Crippen LogP contribution >= 0.6 is 0 Å². The van der Waals surface area contributed by atoms with E-state index >= 15 is 0 Å². The molecule has 2 fully saturated rings. The highest BCUT2D eigenvalue weighted by Crippen LogP contribution is 2.26. The zero-order chi connectivity index (χ0) is 22.6. The third-order valence-corrected chi connectivity index (χ3v) is 7.61. The third-order valence-electron chi connectivity index (χ3n) is 5.68. The smallest absolute Gasteiger partial charge is 0.246 e. The summed E-state index contributed by atoms with van der Waals surface area (Å²) in [4.78, 5) is 16.5. The van der Waals surface area contributed by atoms with Crippen LogP contribution in [0.2, 0.25) is 0 Å². The topological polar surface area (TPSA) is 82.2 Å². The number of piperazine rings is 1. The molecule has 0 unspecified atom stereocenters.